The SMILES string of the molecule is C[C@H](NCC(=O)N[C@@H](C)CO)C1CCC[C@H]1P(c1ccccc1)c1ccccc1. The molecule has 0 spiro atoms. The molecule has 29 heavy (non-hydrogen) atoms. The van der Waals surface area contributed by atoms with Gasteiger partial charge in [0.25, 0.3) is 0 Å². The van der Waals surface area contributed by atoms with Gasteiger partial charge in [0.1, 0.15) is 0 Å². The van der Waals surface area contributed by atoms with Crippen molar-refractivity contribution in [1.29, 1.82) is 0 Å². The van der Waals surface area contributed by atoms with Gasteiger partial charge < -0.3 is 15.7 Å². The summed E-state index contributed by atoms with van der Waals surface area (Å²) in [6.07, 6.45) is 3.68. The lowest BCUT2D eigenvalue weighted by Crippen LogP contribution is -2.46. The van der Waals surface area contributed by atoms with E-state index in [0.29, 0.717) is 18.1 Å². The van der Waals surface area contributed by atoms with Crippen LogP contribution in [0, 0.1) is 5.92 Å². The van der Waals surface area contributed by atoms with Crippen LogP contribution in [0.5, 0.6) is 0 Å². The summed E-state index contributed by atoms with van der Waals surface area (Å²) in [6.45, 7) is 4.28. The Kier molecular flexibility index (Phi) is 8.23. The predicted molar refractivity (Wildman–Crippen MR) is 122 cm³/mol. The van der Waals surface area contributed by atoms with E-state index in [1.807, 2.05) is 0 Å². The minimum atomic E-state index is -0.440. The molecule has 0 saturated heterocycles. The summed E-state index contributed by atoms with van der Waals surface area (Å²) in [4.78, 5) is 12.1. The summed E-state index contributed by atoms with van der Waals surface area (Å²) >= 11 is 0. The van der Waals surface area contributed by atoms with Crippen LogP contribution in [0.4, 0.5) is 0 Å². The summed E-state index contributed by atoms with van der Waals surface area (Å²) in [6, 6.07) is 21.9. The van der Waals surface area contributed by atoms with Crippen molar-refractivity contribution in [3.8, 4) is 0 Å². The van der Waals surface area contributed by atoms with Crippen molar-refractivity contribution >= 4 is 24.4 Å². The number of aliphatic hydroxyl groups is 1. The zero-order chi connectivity index (χ0) is 20.6. The van der Waals surface area contributed by atoms with Gasteiger partial charge in [-0.25, -0.2) is 0 Å². The lowest BCUT2D eigenvalue weighted by atomic mass is 9.99. The summed E-state index contributed by atoms with van der Waals surface area (Å²) in [5.74, 6) is 0.492. The molecule has 1 saturated carbocycles. The highest BCUT2D eigenvalue weighted by Gasteiger charge is 2.37. The average Bonchev–Trinajstić information content (AvgIpc) is 3.23. The zero-order valence-electron chi connectivity index (χ0n) is 17.4. The molecule has 1 aliphatic rings. The Balaban J connectivity index is 1.73. The second kappa shape index (κ2) is 10.9. The standard InChI is InChI=1S/C24H33N2O2P/c1-18(17-27)26-24(28)16-25-19(2)22-14-9-15-23(22)29(20-10-5-3-6-11-20)21-12-7-4-8-13-21/h3-8,10-13,18-19,22-23,25,27H,9,14-17H2,1-2H3,(H,26,28)/t18-,19-,22?,23+/m0/s1. The van der Waals surface area contributed by atoms with Gasteiger partial charge in [-0.2, -0.15) is 0 Å². The van der Waals surface area contributed by atoms with Gasteiger partial charge >= 0.3 is 0 Å². The highest BCUT2D eigenvalue weighted by atomic mass is 31.1. The highest BCUT2D eigenvalue weighted by molar-refractivity contribution is 7.73. The van der Waals surface area contributed by atoms with Crippen molar-refractivity contribution in [2.45, 2.75) is 50.9 Å². The fourth-order valence-electron chi connectivity index (χ4n) is 4.36. The second-order valence-corrected chi connectivity index (χ2v) is 10.5. The normalized spacial score (nSPS) is 21.1. The molecule has 1 fully saturated rings. The Morgan fingerprint density at radius 3 is 2.17 bits per heavy atom. The van der Waals surface area contributed by atoms with Gasteiger partial charge in [0.05, 0.1) is 13.2 Å². The molecule has 0 aliphatic heterocycles. The molecule has 3 N–H and O–H groups in total. The van der Waals surface area contributed by atoms with Crippen molar-refractivity contribution in [3.63, 3.8) is 0 Å². The van der Waals surface area contributed by atoms with Gasteiger partial charge in [0.2, 0.25) is 5.91 Å². The molecule has 156 valence electrons. The number of nitrogens with one attached hydrogen (secondary N) is 2. The zero-order valence-corrected chi connectivity index (χ0v) is 18.3. The maximum Gasteiger partial charge on any atom is 0.234 e. The summed E-state index contributed by atoms with van der Waals surface area (Å²) in [5, 5.41) is 18.3. The van der Waals surface area contributed by atoms with Crippen LogP contribution in [0.25, 0.3) is 0 Å². The van der Waals surface area contributed by atoms with Gasteiger partial charge in [0.15, 0.2) is 0 Å². The Hall–Kier alpha value is -1.74. The molecule has 0 aromatic heterocycles. The van der Waals surface area contributed by atoms with Crippen molar-refractivity contribution < 1.29 is 9.90 Å². The number of carbonyl (C=O) groups excluding carboxylic acids is 1. The third-order valence-electron chi connectivity index (χ3n) is 5.84. The number of rotatable bonds is 9. The minimum absolute atomic E-state index is 0.0373. The number of amides is 1. The van der Waals surface area contributed by atoms with E-state index in [9.17, 15) is 4.79 Å². The number of aliphatic hydroxyl groups excluding tert-OH is 1. The van der Waals surface area contributed by atoms with Crippen molar-refractivity contribution in [2.75, 3.05) is 13.2 Å². The Morgan fingerprint density at radius 2 is 1.62 bits per heavy atom. The van der Waals surface area contributed by atoms with Crippen molar-refractivity contribution in [3.05, 3.63) is 60.7 Å². The first kappa shape index (κ1) is 22.0. The highest BCUT2D eigenvalue weighted by Crippen LogP contribution is 2.50. The van der Waals surface area contributed by atoms with E-state index in [1.54, 1.807) is 6.92 Å². The van der Waals surface area contributed by atoms with Gasteiger partial charge in [-0.1, -0.05) is 67.1 Å². The first-order chi connectivity index (χ1) is 14.1. The van der Waals surface area contributed by atoms with Crippen LogP contribution in [0.3, 0.4) is 0 Å². The van der Waals surface area contributed by atoms with Gasteiger partial charge in [-0.05, 0) is 56.8 Å². The molecule has 5 heteroatoms. The number of benzene rings is 2. The van der Waals surface area contributed by atoms with Crippen LogP contribution in [0.2, 0.25) is 0 Å². The number of hydrogen-bond donors (Lipinski definition) is 3. The summed E-state index contributed by atoms with van der Waals surface area (Å²) < 4.78 is 0. The molecule has 4 nitrogen and oxygen atoms in total. The Bertz CT molecular complexity index is 716. The first-order valence-corrected chi connectivity index (χ1v) is 12.0. The molecule has 2 aromatic carbocycles. The fraction of sp³-hybridized carbons (Fsp3) is 0.458. The molecule has 0 heterocycles. The van der Waals surface area contributed by atoms with Crippen LogP contribution in [-0.4, -0.2) is 41.9 Å². The van der Waals surface area contributed by atoms with Crippen LogP contribution in [-0.2, 0) is 4.79 Å². The van der Waals surface area contributed by atoms with E-state index in [0.717, 1.165) is 0 Å². The van der Waals surface area contributed by atoms with E-state index >= 15 is 0 Å². The topological polar surface area (TPSA) is 61.4 Å². The third kappa shape index (κ3) is 5.88. The van der Waals surface area contributed by atoms with Gasteiger partial charge in [-0.15, -0.1) is 0 Å². The molecule has 0 radical (unpaired) electrons. The van der Waals surface area contributed by atoms with Gasteiger partial charge in [0, 0.05) is 12.1 Å². The van der Waals surface area contributed by atoms with Gasteiger partial charge in [-0.3, -0.25) is 4.79 Å². The smallest absolute Gasteiger partial charge is 0.234 e. The molecular weight excluding hydrogens is 379 g/mol. The molecule has 4 atom stereocenters. The monoisotopic (exact) mass is 412 g/mol. The lowest BCUT2D eigenvalue weighted by molar-refractivity contribution is -0.121. The third-order valence-corrected chi connectivity index (χ3v) is 8.85. The van der Waals surface area contributed by atoms with E-state index < -0.39 is 7.92 Å². The fourth-order valence-corrected chi connectivity index (χ4v) is 7.64. The van der Waals surface area contributed by atoms with Crippen molar-refractivity contribution in [2.24, 2.45) is 5.92 Å². The number of carbonyl (C=O) groups is 1. The van der Waals surface area contributed by atoms with E-state index in [1.165, 1.54) is 29.9 Å². The molecule has 1 unspecified atom stereocenters. The summed E-state index contributed by atoms with van der Waals surface area (Å²) in [5.41, 5.74) is 0.608. The Labute approximate surface area is 175 Å². The van der Waals surface area contributed by atoms with E-state index in [4.69, 9.17) is 5.11 Å². The second-order valence-electron chi connectivity index (χ2n) is 8.02. The van der Waals surface area contributed by atoms with Crippen molar-refractivity contribution in [1.82, 2.24) is 10.6 Å². The molecule has 2 aromatic rings. The van der Waals surface area contributed by atoms with Crippen LogP contribution < -0.4 is 21.2 Å². The first-order valence-electron chi connectivity index (χ1n) is 10.6. The molecule has 0 bridgehead atoms. The quantitative estimate of drug-likeness (QED) is 0.555. The number of hydrogen-bond acceptors (Lipinski definition) is 3. The Morgan fingerprint density at radius 1 is 1.03 bits per heavy atom. The van der Waals surface area contributed by atoms with Crippen LogP contribution in [0.1, 0.15) is 33.1 Å². The van der Waals surface area contributed by atoms with Crippen LogP contribution in [0.15, 0.2) is 60.7 Å². The molecule has 3 rings (SSSR count). The van der Waals surface area contributed by atoms with E-state index in [-0.39, 0.29) is 24.6 Å². The minimum Gasteiger partial charge on any atom is -0.394 e. The largest absolute Gasteiger partial charge is 0.394 e. The maximum absolute atomic E-state index is 12.1. The molecular formula is C24H33N2O2P. The van der Waals surface area contributed by atoms with Crippen LogP contribution >= 0.6 is 7.92 Å². The predicted octanol–water partition coefficient (Wildman–Crippen LogP) is 2.76. The van der Waals surface area contributed by atoms with E-state index in [2.05, 4.69) is 78.2 Å². The summed E-state index contributed by atoms with van der Waals surface area (Å²) in [7, 11) is -0.440. The molecule has 1 aliphatic carbocycles. The maximum atomic E-state index is 12.1. The average molecular weight is 413 g/mol. The lowest BCUT2D eigenvalue weighted by Gasteiger charge is -2.33. The molecule has 1 amide bonds.